The summed E-state index contributed by atoms with van der Waals surface area (Å²) in [5, 5.41) is 2.97. The summed E-state index contributed by atoms with van der Waals surface area (Å²) >= 11 is 0. The van der Waals surface area contributed by atoms with Crippen LogP contribution in [0.25, 0.3) is 22.2 Å². The highest BCUT2D eigenvalue weighted by Crippen LogP contribution is 2.48. The van der Waals surface area contributed by atoms with Crippen LogP contribution in [0, 0.1) is 18.6 Å². The predicted molar refractivity (Wildman–Crippen MR) is 162 cm³/mol. The molecule has 264 valence electrons. The van der Waals surface area contributed by atoms with Crippen LogP contribution in [0.5, 0.6) is 11.9 Å². The van der Waals surface area contributed by atoms with Gasteiger partial charge in [-0.25, -0.2) is 26.9 Å². The fourth-order valence-corrected chi connectivity index (χ4v) is 8.67. The van der Waals surface area contributed by atoms with E-state index in [0.29, 0.717) is 25.8 Å². The van der Waals surface area contributed by atoms with Crippen LogP contribution in [0.4, 0.5) is 46.6 Å². The van der Waals surface area contributed by atoms with Crippen molar-refractivity contribution >= 4 is 22.4 Å². The number of pyridine rings is 1. The number of hydrogen-bond acceptors (Lipinski definition) is 9. The number of alkyl halides is 6. The Labute approximate surface area is 275 Å². The van der Waals surface area contributed by atoms with Crippen LogP contribution < -0.4 is 25.4 Å². The van der Waals surface area contributed by atoms with Gasteiger partial charge in [0.15, 0.2) is 5.82 Å². The first-order valence-electron chi connectivity index (χ1n) is 16.3. The lowest BCUT2D eigenvalue weighted by Gasteiger charge is -2.43. The normalized spacial score (nSPS) is 29.3. The topological polar surface area (TPSA) is 102 Å². The molecule has 6 atom stereocenters. The van der Waals surface area contributed by atoms with E-state index in [-0.39, 0.29) is 66.1 Å². The van der Waals surface area contributed by atoms with E-state index >= 15 is 4.39 Å². The van der Waals surface area contributed by atoms with E-state index in [4.69, 9.17) is 15.2 Å². The number of rotatable bonds is 6. The maximum absolute atomic E-state index is 16.9. The van der Waals surface area contributed by atoms with E-state index in [0.717, 1.165) is 12.5 Å². The number of benzene rings is 1. The molecule has 0 unspecified atom stereocenters. The van der Waals surface area contributed by atoms with Crippen LogP contribution in [-0.2, 0) is 6.42 Å². The maximum atomic E-state index is 16.9. The zero-order valence-electron chi connectivity index (χ0n) is 26.3. The molecule has 0 aliphatic carbocycles. The van der Waals surface area contributed by atoms with E-state index in [1.54, 1.807) is 0 Å². The lowest BCUT2D eigenvalue weighted by Crippen LogP contribution is -2.66. The van der Waals surface area contributed by atoms with Crippen LogP contribution >= 0.6 is 0 Å². The number of ether oxygens (including phenoxy) is 2. The van der Waals surface area contributed by atoms with Crippen molar-refractivity contribution in [2.24, 2.45) is 0 Å². The molecule has 8 rings (SSSR count). The monoisotopic (exact) mass is 699 g/mol. The van der Waals surface area contributed by atoms with Crippen molar-refractivity contribution in [3.63, 3.8) is 0 Å². The third-order valence-electron chi connectivity index (χ3n) is 10.8. The number of aromatic nitrogens is 3. The Balaban J connectivity index is 1.35. The summed E-state index contributed by atoms with van der Waals surface area (Å²) in [5.74, 6) is -2.93. The Morgan fingerprint density at radius 3 is 2.69 bits per heavy atom. The molecule has 1 aromatic carbocycles. The molecule has 3 aromatic rings. The van der Waals surface area contributed by atoms with Crippen molar-refractivity contribution in [1.82, 2.24) is 25.2 Å². The molecule has 7 heterocycles. The third-order valence-corrected chi connectivity index (χ3v) is 10.8. The molecule has 0 saturated carbocycles. The number of hydrogen-bond donors (Lipinski definition) is 2. The highest BCUT2D eigenvalue weighted by molar-refractivity contribution is 5.97. The molecule has 17 heteroatoms. The number of piperazine rings is 1. The Hall–Kier alpha value is -3.73. The van der Waals surface area contributed by atoms with Crippen LogP contribution in [0.3, 0.4) is 0 Å². The zero-order valence-corrected chi connectivity index (χ0v) is 26.3. The molecule has 2 bridgehead atoms. The predicted octanol–water partition coefficient (Wildman–Crippen LogP) is 5.26. The van der Waals surface area contributed by atoms with Gasteiger partial charge in [0.1, 0.15) is 41.0 Å². The molecular formula is C32H33F8N7O2. The standard InChI is InChI=1S/C32H33F8N7O2/c1-13-16(8-20(34)35)17(7-18(41)22(13)36)24-23(37)25-21-28(45-30(44-25)48-12-31-5-2-6-46(31)10-14(33)9-31)47-11-15-3-4-19(42-15)26(47)27(32(38,39)40)49-29(21)43-24/h7,14-15,19-20,26-27,42H,2-6,8-12,41H2,1H3/t14-,15-,19+,26+,27-,31+/m1/s1. The molecule has 4 saturated heterocycles. The fraction of sp³-hybridized carbons (Fsp3) is 0.594. The Morgan fingerprint density at radius 2 is 1.94 bits per heavy atom. The van der Waals surface area contributed by atoms with Crippen LogP contribution in [0.2, 0.25) is 0 Å². The first-order chi connectivity index (χ1) is 23.2. The lowest BCUT2D eigenvalue weighted by atomic mass is 9.94. The minimum Gasteiger partial charge on any atom is -0.462 e. The first-order valence-corrected chi connectivity index (χ1v) is 16.3. The second-order valence-corrected chi connectivity index (χ2v) is 13.8. The van der Waals surface area contributed by atoms with E-state index < -0.39 is 83.3 Å². The number of halogens is 8. The smallest absolute Gasteiger partial charge is 0.427 e. The third kappa shape index (κ3) is 5.21. The quantitative estimate of drug-likeness (QED) is 0.264. The summed E-state index contributed by atoms with van der Waals surface area (Å²) in [5.41, 5.74) is 2.52. The van der Waals surface area contributed by atoms with Gasteiger partial charge < -0.3 is 25.4 Å². The van der Waals surface area contributed by atoms with Gasteiger partial charge in [-0.05, 0) is 56.3 Å². The largest absolute Gasteiger partial charge is 0.462 e. The Bertz CT molecular complexity index is 1830. The Morgan fingerprint density at radius 1 is 1.14 bits per heavy atom. The number of anilines is 2. The molecule has 5 aliphatic heterocycles. The lowest BCUT2D eigenvalue weighted by molar-refractivity contribution is -0.203. The minimum absolute atomic E-state index is 0.0467. The number of nitrogens with zero attached hydrogens (tertiary/aromatic N) is 5. The van der Waals surface area contributed by atoms with Gasteiger partial charge in [0, 0.05) is 43.6 Å². The van der Waals surface area contributed by atoms with Gasteiger partial charge in [-0.2, -0.15) is 23.1 Å². The summed E-state index contributed by atoms with van der Waals surface area (Å²) in [6.07, 6.45) is -9.77. The minimum atomic E-state index is -4.93. The number of fused-ring (bicyclic) bond motifs is 6. The molecule has 5 aliphatic rings. The zero-order chi connectivity index (χ0) is 34.6. The van der Waals surface area contributed by atoms with Gasteiger partial charge >= 0.3 is 12.2 Å². The molecule has 4 fully saturated rings. The van der Waals surface area contributed by atoms with Crippen LogP contribution in [0.1, 0.15) is 43.2 Å². The summed E-state index contributed by atoms with van der Waals surface area (Å²) < 4.78 is 130. The Kier molecular flexibility index (Phi) is 7.55. The second-order valence-electron chi connectivity index (χ2n) is 13.8. The number of nitrogens with one attached hydrogen (secondary N) is 1. The van der Waals surface area contributed by atoms with E-state index in [2.05, 4.69) is 20.3 Å². The van der Waals surface area contributed by atoms with E-state index in [1.807, 2.05) is 4.90 Å². The maximum Gasteiger partial charge on any atom is 0.427 e. The number of nitrogen functional groups attached to an aromatic ring is 1. The summed E-state index contributed by atoms with van der Waals surface area (Å²) in [4.78, 5) is 16.5. The highest BCUT2D eigenvalue weighted by Gasteiger charge is 2.57. The van der Waals surface area contributed by atoms with Gasteiger partial charge in [-0.3, -0.25) is 4.90 Å². The van der Waals surface area contributed by atoms with E-state index in [9.17, 15) is 30.7 Å². The van der Waals surface area contributed by atoms with Crippen molar-refractivity contribution in [2.75, 3.05) is 36.9 Å². The molecule has 0 amide bonds. The van der Waals surface area contributed by atoms with Gasteiger partial charge in [0.05, 0.1) is 17.3 Å². The molecule has 49 heavy (non-hydrogen) atoms. The summed E-state index contributed by atoms with van der Waals surface area (Å²) in [6, 6.07) is -1.62. The van der Waals surface area contributed by atoms with Crippen molar-refractivity contribution < 1.29 is 44.6 Å². The molecule has 0 spiro atoms. The van der Waals surface area contributed by atoms with Crippen LogP contribution in [0.15, 0.2) is 6.07 Å². The van der Waals surface area contributed by atoms with Gasteiger partial charge in [0.25, 0.3) is 0 Å². The second kappa shape index (κ2) is 11.4. The van der Waals surface area contributed by atoms with Crippen molar-refractivity contribution in [1.29, 1.82) is 0 Å². The SMILES string of the molecule is Cc1c(F)c(N)cc(-c2nc3c4c(nc(OC[C@@]56CCCN5C[C@H](F)C6)nc4c2F)N2C[C@H]4CC[C@H](N4)[C@H]2[C@H](C(F)(F)F)O3)c1CC(F)F. The van der Waals surface area contributed by atoms with E-state index in [1.165, 1.54) is 11.8 Å². The molecular weight excluding hydrogens is 666 g/mol. The molecule has 0 radical (unpaired) electrons. The fourth-order valence-electron chi connectivity index (χ4n) is 8.67. The summed E-state index contributed by atoms with van der Waals surface area (Å²) in [6.45, 7) is 2.14. The first kappa shape index (κ1) is 32.5. The average Bonchev–Trinajstić information content (AvgIpc) is 3.67. The highest BCUT2D eigenvalue weighted by atomic mass is 19.4. The summed E-state index contributed by atoms with van der Waals surface area (Å²) in [7, 11) is 0. The van der Waals surface area contributed by atoms with Crippen molar-refractivity contribution in [3.8, 4) is 23.1 Å². The number of nitrogens with two attached hydrogens (primary N) is 1. The molecule has 3 N–H and O–H groups in total. The van der Waals surface area contributed by atoms with Crippen molar-refractivity contribution in [2.45, 2.75) is 94.0 Å². The van der Waals surface area contributed by atoms with Crippen molar-refractivity contribution in [3.05, 3.63) is 28.8 Å². The average molecular weight is 700 g/mol. The molecule has 9 nitrogen and oxygen atoms in total. The molecule has 2 aromatic heterocycles. The van der Waals surface area contributed by atoms with Gasteiger partial charge in [0.2, 0.25) is 18.4 Å². The van der Waals surface area contributed by atoms with Crippen LogP contribution in [-0.4, -0.2) is 94.6 Å². The van der Waals surface area contributed by atoms with Gasteiger partial charge in [-0.1, -0.05) is 0 Å². The van der Waals surface area contributed by atoms with Gasteiger partial charge in [-0.15, -0.1) is 0 Å².